The van der Waals surface area contributed by atoms with Gasteiger partial charge in [0.25, 0.3) is 11.1 Å². The Hall–Kier alpha value is -5.03. The Balaban J connectivity index is 0.000000311. The number of aromatic nitrogens is 1. The highest BCUT2D eigenvalue weighted by atomic mass is 35.5. The highest BCUT2D eigenvalue weighted by Crippen LogP contribution is 2.24. The standard InChI is InChI=1S/C25H28N2O4S.C20H25NO2.ClH/c1-4-31-24(29)17(2)14-21(27-23(28)22-16-26-25(30-3)32-22)15-18-10-12-20(13-11-18)19-8-6-5-7-9-19;1-3-23-20(22)15(2)13-19(21)14-16-9-11-18(12-10-16)17-7-5-4-6-8-17;/h5-13,16-17,21H,4,14-15H2,1-3H3,(H,27,28);4-12,15,19H,3,13-14,21H2,1-2H3;1H/t17-,21+;15-,19+;/m11./s1. The number of hydrogen-bond donors (Lipinski definition) is 2. The Kier molecular flexibility index (Phi) is 19.3. The van der Waals surface area contributed by atoms with Crippen LogP contribution in [0.2, 0.25) is 0 Å². The largest absolute Gasteiger partial charge is 0.473 e. The van der Waals surface area contributed by atoms with E-state index in [1.807, 2.05) is 57.2 Å². The first kappa shape index (κ1) is 45.4. The van der Waals surface area contributed by atoms with E-state index in [4.69, 9.17) is 19.9 Å². The number of benzene rings is 4. The molecule has 0 spiro atoms. The number of methoxy groups -OCH3 is 1. The van der Waals surface area contributed by atoms with Crippen molar-refractivity contribution in [2.24, 2.45) is 17.6 Å². The Morgan fingerprint density at radius 1 is 0.679 bits per heavy atom. The summed E-state index contributed by atoms with van der Waals surface area (Å²) in [5, 5.41) is 3.49. The maximum Gasteiger partial charge on any atom is 0.308 e. The van der Waals surface area contributed by atoms with Gasteiger partial charge in [0.05, 0.1) is 38.4 Å². The second kappa shape index (κ2) is 23.8. The van der Waals surface area contributed by atoms with Crippen LogP contribution in [0.15, 0.2) is 115 Å². The van der Waals surface area contributed by atoms with Crippen molar-refractivity contribution in [1.29, 1.82) is 0 Å². The highest BCUT2D eigenvalue weighted by Gasteiger charge is 2.23. The van der Waals surface area contributed by atoms with Crippen LogP contribution in [0, 0.1) is 11.8 Å². The summed E-state index contributed by atoms with van der Waals surface area (Å²) in [5.41, 5.74) is 13.1. The van der Waals surface area contributed by atoms with E-state index in [9.17, 15) is 14.4 Å². The van der Waals surface area contributed by atoms with Crippen LogP contribution in [0.4, 0.5) is 0 Å². The topological polar surface area (TPSA) is 130 Å². The zero-order valence-electron chi connectivity index (χ0n) is 32.8. The summed E-state index contributed by atoms with van der Waals surface area (Å²) < 4.78 is 15.3. The predicted octanol–water partition coefficient (Wildman–Crippen LogP) is 8.98. The second-order valence-corrected chi connectivity index (χ2v) is 14.4. The maximum absolute atomic E-state index is 12.8. The molecule has 9 nitrogen and oxygen atoms in total. The van der Waals surface area contributed by atoms with Crippen LogP contribution in [-0.4, -0.2) is 55.2 Å². The molecule has 56 heavy (non-hydrogen) atoms. The third-order valence-corrected chi connectivity index (χ3v) is 9.95. The monoisotopic (exact) mass is 799 g/mol. The van der Waals surface area contributed by atoms with Crippen LogP contribution < -0.4 is 15.8 Å². The van der Waals surface area contributed by atoms with Gasteiger partial charge in [0.2, 0.25) is 0 Å². The molecule has 0 radical (unpaired) electrons. The van der Waals surface area contributed by atoms with E-state index in [2.05, 4.69) is 83.1 Å². The van der Waals surface area contributed by atoms with E-state index in [1.54, 1.807) is 6.92 Å². The van der Waals surface area contributed by atoms with Crippen molar-refractivity contribution in [2.75, 3.05) is 20.3 Å². The van der Waals surface area contributed by atoms with Crippen molar-refractivity contribution in [3.63, 3.8) is 0 Å². The van der Waals surface area contributed by atoms with Crippen molar-refractivity contribution in [2.45, 2.75) is 65.5 Å². The van der Waals surface area contributed by atoms with Crippen molar-refractivity contribution in [1.82, 2.24) is 10.3 Å². The van der Waals surface area contributed by atoms with Crippen LogP contribution in [-0.2, 0) is 31.9 Å². The fourth-order valence-electron chi connectivity index (χ4n) is 6.15. The summed E-state index contributed by atoms with van der Waals surface area (Å²) in [6, 6.07) is 36.9. The number of carbonyl (C=O) groups is 3. The van der Waals surface area contributed by atoms with E-state index in [1.165, 1.54) is 41.3 Å². The Morgan fingerprint density at radius 3 is 1.57 bits per heavy atom. The average Bonchev–Trinajstić information content (AvgIpc) is 3.69. The molecular formula is C45H54ClN3O6S. The van der Waals surface area contributed by atoms with E-state index in [0.717, 1.165) is 23.1 Å². The zero-order valence-corrected chi connectivity index (χ0v) is 34.4. The molecule has 4 atom stereocenters. The summed E-state index contributed by atoms with van der Waals surface area (Å²) in [4.78, 5) is 41.1. The number of hydrogen-bond acceptors (Lipinski definition) is 9. The number of carbonyl (C=O) groups excluding carboxylic acids is 3. The van der Waals surface area contributed by atoms with Crippen LogP contribution in [0.1, 0.15) is 61.3 Å². The van der Waals surface area contributed by atoms with E-state index in [-0.39, 0.29) is 54.2 Å². The number of nitrogens with one attached hydrogen (secondary N) is 1. The highest BCUT2D eigenvalue weighted by molar-refractivity contribution is 7.15. The molecule has 1 amide bonds. The van der Waals surface area contributed by atoms with Gasteiger partial charge in [0, 0.05) is 12.1 Å². The molecule has 4 aromatic carbocycles. The molecule has 0 aliphatic carbocycles. The van der Waals surface area contributed by atoms with Gasteiger partial charge in [0.15, 0.2) is 0 Å². The molecule has 5 aromatic rings. The summed E-state index contributed by atoms with van der Waals surface area (Å²) >= 11 is 1.19. The van der Waals surface area contributed by atoms with Gasteiger partial charge in [-0.25, -0.2) is 4.98 Å². The van der Waals surface area contributed by atoms with Crippen molar-refractivity contribution < 1.29 is 28.6 Å². The number of amides is 1. The van der Waals surface area contributed by atoms with E-state index in [0.29, 0.717) is 42.5 Å². The Morgan fingerprint density at radius 2 is 1.12 bits per heavy atom. The van der Waals surface area contributed by atoms with Gasteiger partial charge in [-0.15, -0.1) is 12.4 Å². The lowest BCUT2D eigenvalue weighted by atomic mass is 9.95. The molecule has 3 N–H and O–H groups in total. The molecule has 0 fully saturated rings. The van der Waals surface area contributed by atoms with Gasteiger partial charge in [-0.3, -0.25) is 14.4 Å². The van der Waals surface area contributed by atoms with Crippen molar-refractivity contribution in [3.8, 4) is 27.4 Å². The Bertz CT molecular complexity index is 1910. The number of esters is 2. The third-order valence-electron chi connectivity index (χ3n) is 8.99. The molecule has 0 aliphatic rings. The summed E-state index contributed by atoms with van der Waals surface area (Å²) in [7, 11) is 1.52. The van der Waals surface area contributed by atoms with Crippen molar-refractivity contribution in [3.05, 3.63) is 131 Å². The number of nitrogens with zero attached hydrogens (tertiary/aromatic N) is 1. The summed E-state index contributed by atoms with van der Waals surface area (Å²) in [5.74, 6) is -1.14. The third kappa shape index (κ3) is 14.6. The molecular weight excluding hydrogens is 746 g/mol. The Labute approximate surface area is 341 Å². The quantitative estimate of drug-likeness (QED) is 0.0893. The molecule has 0 unspecified atom stereocenters. The molecule has 0 saturated carbocycles. The SMILES string of the molecule is CCOC(=O)[C@H](C)C[C@@H](Cc1ccc(-c2ccccc2)cc1)NC(=O)c1cnc(OC)s1.CCOC(=O)[C@H](C)C[C@H](N)Cc1ccc(-c2ccccc2)cc1.Cl. The fraction of sp³-hybridized carbons (Fsp3) is 0.333. The molecule has 0 saturated heterocycles. The number of thiazole rings is 1. The normalized spacial score (nSPS) is 12.7. The lowest BCUT2D eigenvalue weighted by Crippen LogP contribution is -2.38. The maximum atomic E-state index is 12.8. The minimum Gasteiger partial charge on any atom is -0.473 e. The molecule has 11 heteroatoms. The lowest BCUT2D eigenvalue weighted by Gasteiger charge is -2.21. The summed E-state index contributed by atoms with van der Waals surface area (Å²) in [6.07, 6.45) is 3.97. The van der Waals surface area contributed by atoms with Gasteiger partial charge in [-0.1, -0.05) is 134 Å². The first-order valence-corrected chi connectivity index (χ1v) is 19.6. The van der Waals surface area contributed by atoms with Gasteiger partial charge >= 0.3 is 11.9 Å². The zero-order chi connectivity index (χ0) is 39.6. The minimum absolute atomic E-state index is 0. The fourth-order valence-corrected chi connectivity index (χ4v) is 6.78. The van der Waals surface area contributed by atoms with Gasteiger partial charge in [-0.05, 0) is 72.9 Å². The average molecular weight is 800 g/mol. The first-order valence-electron chi connectivity index (χ1n) is 18.8. The number of nitrogens with two attached hydrogens (primary N) is 1. The van der Waals surface area contributed by atoms with Crippen LogP contribution in [0.25, 0.3) is 22.3 Å². The van der Waals surface area contributed by atoms with Crippen molar-refractivity contribution >= 4 is 41.6 Å². The number of rotatable bonds is 17. The van der Waals surface area contributed by atoms with Crippen LogP contribution in [0.3, 0.4) is 0 Å². The minimum atomic E-state index is -0.333. The molecule has 1 heterocycles. The molecule has 0 bridgehead atoms. The van der Waals surface area contributed by atoms with E-state index < -0.39 is 0 Å². The molecule has 1 aromatic heterocycles. The molecule has 0 aliphatic heterocycles. The van der Waals surface area contributed by atoms with Crippen LogP contribution >= 0.6 is 23.7 Å². The second-order valence-electron chi connectivity index (χ2n) is 13.4. The van der Waals surface area contributed by atoms with Gasteiger partial charge < -0.3 is 25.3 Å². The number of halogens is 1. The predicted molar refractivity (Wildman–Crippen MR) is 227 cm³/mol. The van der Waals surface area contributed by atoms with Gasteiger partial charge in [0.1, 0.15) is 4.88 Å². The molecule has 5 rings (SSSR count). The van der Waals surface area contributed by atoms with Crippen LogP contribution in [0.5, 0.6) is 5.19 Å². The summed E-state index contributed by atoms with van der Waals surface area (Å²) in [6.45, 7) is 8.05. The molecule has 298 valence electrons. The van der Waals surface area contributed by atoms with E-state index >= 15 is 0 Å². The van der Waals surface area contributed by atoms with Gasteiger partial charge in [-0.2, -0.15) is 0 Å². The number of ether oxygens (including phenoxy) is 3. The lowest BCUT2D eigenvalue weighted by molar-refractivity contribution is -0.148. The smallest absolute Gasteiger partial charge is 0.308 e. The first-order chi connectivity index (χ1) is 26.6.